The van der Waals surface area contributed by atoms with Crippen LogP contribution < -0.4 is 4.74 Å². The van der Waals surface area contributed by atoms with Crippen molar-refractivity contribution in [1.29, 1.82) is 0 Å². The molecule has 0 radical (unpaired) electrons. The number of carboxylic acids is 2. The van der Waals surface area contributed by atoms with Crippen LogP contribution in [0.1, 0.15) is 38.5 Å². The summed E-state index contributed by atoms with van der Waals surface area (Å²) in [4.78, 5) is 20.8. The van der Waals surface area contributed by atoms with E-state index in [9.17, 15) is 0 Å². The Morgan fingerprint density at radius 1 is 0.960 bits per heavy atom. The number of ether oxygens (including phenoxy) is 1. The van der Waals surface area contributed by atoms with E-state index in [4.69, 9.17) is 36.1 Å². The van der Waals surface area contributed by atoms with Gasteiger partial charge < -0.3 is 19.8 Å². The first-order valence-corrected chi connectivity index (χ1v) is 8.94. The van der Waals surface area contributed by atoms with Gasteiger partial charge >= 0.3 is 11.9 Å². The zero-order valence-corrected chi connectivity index (χ0v) is 15.1. The molecular weight excluding hydrogens is 346 g/mol. The fourth-order valence-corrected chi connectivity index (χ4v) is 2.64. The van der Waals surface area contributed by atoms with Crippen molar-refractivity contribution < 1.29 is 24.5 Å². The molecule has 0 spiro atoms. The predicted molar refractivity (Wildman–Crippen MR) is 96.4 cm³/mol. The second-order valence-electron chi connectivity index (χ2n) is 5.88. The van der Waals surface area contributed by atoms with Gasteiger partial charge in [-0.25, -0.2) is 9.59 Å². The molecule has 0 unspecified atom stereocenters. The molecule has 2 N–H and O–H groups in total. The summed E-state index contributed by atoms with van der Waals surface area (Å²) in [6.07, 6.45) is 7.93. The fraction of sp³-hybridized carbons (Fsp3) is 0.556. The number of carbonyl (C=O) groups is 2. The van der Waals surface area contributed by atoms with Gasteiger partial charge in [-0.3, -0.25) is 0 Å². The van der Waals surface area contributed by atoms with E-state index < -0.39 is 11.9 Å². The molecule has 6 nitrogen and oxygen atoms in total. The molecule has 0 amide bonds. The van der Waals surface area contributed by atoms with Crippen molar-refractivity contribution in [3.8, 4) is 5.75 Å². The van der Waals surface area contributed by atoms with Crippen molar-refractivity contribution in [1.82, 2.24) is 4.90 Å². The smallest absolute Gasteiger partial charge is 0.414 e. The number of halogens is 1. The summed E-state index contributed by atoms with van der Waals surface area (Å²) >= 11 is 5.83. The van der Waals surface area contributed by atoms with Crippen LogP contribution in [0.15, 0.2) is 24.3 Å². The zero-order valence-electron chi connectivity index (χ0n) is 14.3. The van der Waals surface area contributed by atoms with E-state index in [0.717, 1.165) is 23.8 Å². The average Bonchev–Trinajstić information content (AvgIpc) is 2.85. The molecule has 1 aliphatic rings. The molecule has 7 heteroatoms. The first-order chi connectivity index (χ1) is 12.0. The van der Waals surface area contributed by atoms with E-state index in [1.165, 1.54) is 51.7 Å². The number of aliphatic carboxylic acids is 2. The van der Waals surface area contributed by atoms with Crippen LogP contribution in [-0.2, 0) is 9.59 Å². The SMILES string of the molecule is Clc1ccc(OCCCCN2CCCCCC2)cc1.O=C(O)C(=O)O. The highest BCUT2D eigenvalue weighted by molar-refractivity contribution is 6.30. The van der Waals surface area contributed by atoms with Crippen LogP contribution >= 0.6 is 11.6 Å². The lowest BCUT2D eigenvalue weighted by Crippen LogP contribution is -2.25. The molecular formula is C18H26ClNO5. The summed E-state index contributed by atoms with van der Waals surface area (Å²) in [6.45, 7) is 4.61. The van der Waals surface area contributed by atoms with Gasteiger partial charge in [0.1, 0.15) is 5.75 Å². The highest BCUT2D eigenvalue weighted by Gasteiger charge is 2.07. The molecule has 0 saturated carbocycles. The van der Waals surface area contributed by atoms with Crippen molar-refractivity contribution >= 4 is 23.5 Å². The number of hydrogen-bond acceptors (Lipinski definition) is 4. The van der Waals surface area contributed by atoms with Crippen molar-refractivity contribution in [2.24, 2.45) is 0 Å². The van der Waals surface area contributed by atoms with Crippen molar-refractivity contribution in [2.45, 2.75) is 38.5 Å². The van der Waals surface area contributed by atoms with Crippen molar-refractivity contribution in [3.05, 3.63) is 29.3 Å². The van der Waals surface area contributed by atoms with Crippen LogP contribution in [0.5, 0.6) is 5.75 Å². The van der Waals surface area contributed by atoms with Crippen LogP contribution in [0.25, 0.3) is 0 Å². The Bertz CT molecular complexity index is 501. The highest BCUT2D eigenvalue weighted by atomic mass is 35.5. The van der Waals surface area contributed by atoms with Gasteiger partial charge in [-0.1, -0.05) is 24.4 Å². The van der Waals surface area contributed by atoms with Crippen molar-refractivity contribution in [2.75, 3.05) is 26.2 Å². The summed E-state index contributed by atoms with van der Waals surface area (Å²) in [5.41, 5.74) is 0. The lowest BCUT2D eigenvalue weighted by atomic mass is 10.2. The average molecular weight is 372 g/mol. The Hall–Kier alpha value is -1.79. The van der Waals surface area contributed by atoms with E-state index >= 15 is 0 Å². The minimum atomic E-state index is -1.82. The molecule has 1 fully saturated rings. The minimum absolute atomic E-state index is 0.758. The van der Waals surface area contributed by atoms with E-state index in [1.807, 2.05) is 24.3 Å². The standard InChI is InChI=1S/C16H24ClNO.C2H2O4/c17-15-7-9-16(10-8-15)19-14-6-5-13-18-11-3-1-2-4-12-18;3-1(4)2(5)6/h7-10H,1-6,11-14H2;(H,3,4)(H,5,6). The van der Waals surface area contributed by atoms with Gasteiger partial charge in [-0.15, -0.1) is 0 Å². The predicted octanol–water partition coefficient (Wildman–Crippen LogP) is 3.53. The van der Waals surface area contributed by atoms with Crippen LogP contribution in [0.4, 0.5) is 0 Å². The number of benzene rings is 1. The second kappa shape index (κ2) is 12.6. The van der Waals surface area contributed by atoms with Gasteiger partial charge in [0, 0.05) is 5.02 Å². The molecule has 0 bridgehead atoms. The third kappa shape index (κ3) is 10.6. The maximum atomic E-state index is 9.10. The van der Waals surface area contributed by atoms with Gasteiger partial charge in [0.15, 0.2) is 0 Å². The van der Waals surface area contributed by atoms with E-state index in [1.54, 1.807) is 0 Å². The van der Waals surface area contributed by atoms with E-state index in [2.05, 4.69) is 4.90 Å². The molecule has 0 atom stereocenters. The molecule has 1 saturated heterocycles. The molecule has 1 aromatic carbocycles. The number of likely N-dealkylation sites (tertiary alicyclic amines) is 1. The van der Waals surface area contributed by atoms with Crippen LogP contribution in [0.3, 0.4) is 0 Å². The lowest BCUT2D eigenvalue weighted by molar-refractivity contribution is -0.159. The van der Waals surface area contributed by atoms with Crippen molar-refractivity contribution in [3.63, 3.8) is 0 Å². The summed E-state index contributed by atoms with van der Waals surface area (Å²) < 4.78 is 5.70. The summed E-state index contributed by atoms with van der Waals surface area (Å²) in [5, 5.41) is 15.5. The molecule has 1 heterocycles. The topological polar surface area (TPSA) is 87.1 Å². The van der Waals surface area contributed by atoms with Gasteiger partial charge in [-0.2, -0.15) is 0 Å². The van der Waals surface area contributed by atoms with Gasteiger partial charge in [0.05, 0.1) is 6.61 Å². The Morgan fingerprint density at radius 3 is 2.04 bits per heavy atom. The molecule has 0 aromatic heterocycles. The Morgan fingerprint density at radius 2 is 1.52 bits per heavy atom. The third-order valence-electron chi connectivity index (χ3n) is 3.83. The van der Waals surface area contributed by atoms with E-state index in [-0.39, 0.29) is 0 Å². The van der Waals surface area contributed by atoms with Gasteiger partial charge in [-0.05, 0) is 69.6 Å². The fourth-order valence-electron chi connectivity index (χ4n) is 2.52. The lowest BCUT2D eigenvalue weighted by Gasteiger charge is -2.19. The molecule has 0 aliphatic carbocycles. The monoisotopic (exact) mass is 371 g/mol. The Labute approximate surface area is 153 Å². The molecule has 25 heavy (non-hydrogen) atoms. The Kier molecular flexibility index (Phi) is 10.7. The zero-order chi connectivity index (χ0) is 18.5. The number of unbranched alkanes of at least 4 members (excludes halogenated alkanes) is 1. The van der Waals surface area contributed by atoms with E-state index in [0.29, 0.717) is 0 Å². The quantitative estimate of drug-likeness (QED) is 0.587. The first kappa shape index (κ1) is 21.3. The number of nitrogens with zero attached hydrogens (tertiary/aromatic N) is 1. The molecule has 140 valence electrons. The summed E-state index contributed by atoms with van der Waals surface area (Å²) in [6, 6.07) is 7.59. The number of hydrogen-bond donors (Lipinski definition) is 2. The molecule has 1 aliphatic heterocycles. The second-order valence-corrected chi connectivity index (χ2v) is 6.31. The largest absolute Gasteiger partial charge is 0.494 e. The third-order valence-corrected chi connectivity index (χ3v) is 4.08. The van der Waals surface area contributed by atoms with Crippen LogP contribution in [0.2, 0.25) is 5.02 Å². The summed E-state index contributed by atoms with van der Waals surface area (Å²) in [7, 11) is 0. The Balaban J connectivity index is 0.000000450. The highest BCUT2D eigenvalue weighted by Crippen LogP contribution is 2.16. The van der Waals surface area contributed by atoms with Gasteiger partial charge in [0.25, 0.3) is 0 Å². The molecule has 2 rings (SSSR count). The maximum absolute atomic E-state index is 9.10. The number of carboxylic acid groups (broad SMARTS) is 2. The van der Waals surface area contributed by atoms with Gasteiger partial charge in [0.2, 0.25) is 0 Å². The molecule has 1 aromatic rings. The summed E-state index contributed by atoms with van der Waals surface area (Å²) in [5.74, 6) is -2.73. The normalized spacial score (nSPS) is 14.8. The maximum Gasteiger partial charge on any atom is 0.414 e. The minimum Gasteiger partial charge on any atom is -0.494 e. The first-order valence-electron chi connectivity index (χ1n) is 8.56. The number of rotatable bonds is 6. The van der Waals surface area contributed by atoms with Crippen LogP contribution in [-0.4, -0.2) is 53.3 Å². The van der Waals surface area contributed by atoms with Crippen LogP contribution in [0, 0.1) is 0 Å².